The van der Waals surface area contributed by atoms with E-state index in [1.165, 1.54) is 0 Å². The number of carboxylic acids is 1. The minimum atomic E-state index is -0.925. The van der Waals surface area contributed by atoms with E-state index in [0.717, 1.165) is 0 Å². The van der Waals surface area contributed by atoms with Gasteiger partial charge in [-0.1, -0.05) is 20.8 Å². The van der Waals surface area contributed by atoms with Gasteiger partial charge in [0.1, 0.15) is 0 Å². The number of carbonyl (C=O) groups is 3. The molecular formula is C14H25NO5. The predicted octanol–water partition coefficient (Wildman–Crippen LogP) is 1.58. The number of hydrogen-bond donors (Lipinski definition) is 2. The van der Waals surface area contributed by atoms with Gasteiger partial charge in [-0.15, -0.1) is 0 Å². The van der Waals surface area contributed by atoms with Crippen LogP contribution in [0.4, 0.5) is 0 Å². The van der Waals surface area contributed by atoms with Crippen LogP contribution in [0.3, 0.4) is 0 Å². The first-order chi connectivity index (χ1) is 9.15. The second-order valence-electron chi connectivity index (χ2n) is 5.91. The third-order valence-electron chi connectivity index (χ3n) is 2.62. The van der Waals surface area contributed by atoms with Crippen molar-refractivity contribution in [1.29, 1.82) is 0 Å². The van der Waals surface area contributed by atoms with E-state index in [1.54, 1.807) is 6.92 Å². The molecule has 0 heterocycles. The molecule has 0 aliphatic carbocycles. The molecule has 0 aliphatic rings. The van der Waals surface area contributed by atoms with E-state index in [2.05, 4.69) is 5.32 Å². The number of nitrogens with one attached hydrogen (secondary N) is 1. The van der Waals surface area contributed by atoms with Gasteiger partial charge < -0.3 is 15.2 Å². The summed E-state index contributed by atoms with van der Waals surface area (Å²) in [7, 11) is 0. The van der Waals surface area contributed by atoms with Crippen molar-refractivity contribution >= 4 is 17.8 Å². The van der Waals surface area contributed by atoms with E-state index in [1.807, 2.05) is 20.8 Å². The Morgan fingerprint density at radius 3 is 2.25 bits per heavy atom. The Bertz CT molecular complexity index is 346. The highest BCUT2D eigenvalue weighted by atomic mass is 16.5. The Balaban J connectivity index is 4.12. The molecule has 0 spiro atoms. The van der Waals surface area contributed by atoms with Crippen molar-refractivity contribution in [3.05, 3.63) is 0 Å². The van der Waals surface area contributed by atoms with Crippen LogP contribution in [0.1, 0.15) is 47.0 Å². The number of aliphatic carboxylic acids is 1. The van der Waals surface area contributed by atoms with Crippen molar-refractivity contribution in [3.8, 4) is 0 Å². The first-order valence-corrected chi connectivity index (χ1v) is 6.81. The summed E-state index contributed by atoms with van der Waals surface area (Å²) in [6.07, 6.45) is 0.498. The van der Waals surface area contributed by atoms with Gasteiger partial charge in [0, 0.05) is 13.0 Å². The van der Waals surface area contributed by atoms with Gasteiger partial charge in [-0.25, -0.2) is 0 Å². The second kappa shape index (κ2) is 8.55. The maximum absolute atomic E-state index is 11.5. The Morgan fingerprint density at radius 1 is 1.20 bits per heavy atom. The Labute approximate surface area is 119 Å². The van der Waals surface area contributed by atoms with Crippen molar-refractivity contribution in [2.45, 2.75) is 47.0 Å². The molecule has 0 saturated carbocycles. The lowest BCUT2D eigenvalue weighted by Gasteiger charge is -2.23. The third kappa shape index (κ3) is 9.35. The molecule has 0 saturated heterocycles. The van der Waals surface area contributed by atoms with E-state index < -0.39 is 17.9 Å². The lowest BCUT2D eigenvalue weighted by Crippen LogP contribution is -2.35. The quantitative estimate of drug-likeness (QED) is 0.661. The van der Waals surface area contributed by atoms with Crippen molar-refractivity contribution < 1.29 is 24.2 Å². The zero-order valence-electron chi connectivity index (χ0n) is 12.7. The number of hydrogen-bond acceptors (Lipinski definition) is 4. The Kier molecular flexibility index (Phi) is 7.87. The fraction of sp³-hybridized carbons (Fsp3) is 0.786. The molecule has 1 amide bonds. The highest BCUT2D eigenvalue weighted by Gasteiger charge is 2.24. The van der Waals surface area contributed by atoms with E-state index in [-0.39, 0.29) is 37.3 Å². The number of ether oxygens (including phenoxy) is 1. The monoisotopic (exact) mass is 287 g/mol. The summed E-state index contributed by atoms with van der Waals surface area (Å²) in [5.74, 6) is -2.31. The summed E-state index contributed by atoms with van der Waals surface area (Å²) in [6, 6.07) is 0. The van der Waals surface area contributed by atoms with Crippen molar-refractivity contribution in [1.82, 2.24) is 5.32 Å². The van der Waals surface area contributed by atoms with Crippen LogP contribution in [0.25, 0.3) is 0 Å². The molecule has 0 radical (unpaired) electrons. The number of rotatable bonds is 8. The molecule has 0 aromatic carbocycles. The molecule has 6 heteroatoms. The van der Waals surface area contributed by atoms with Crippen LogP contribution in [0.15, 0.2) is 0 Å². The molecule has 0 bridgehead atoms. The normalized spacial score (nSPS) is 12.6. The summed E-state index contributed by atoms with van der Waals surface area (Å²) in [6.45, 7) is 7.91. The Hall–Kier alpha value is -1.59. The van der Waals surface area contributed by atoms with Crippen molar-refractivity contribution in [2.24, 2.45) is 11.3 Å². The number of esters is 1. The van der Waals surface area contributed by atoms with Crippen LogP contribution in [0.5, 0.6) is 0 Å². The minimum absolute atomic E-state index is 0.0106. The number of carboxylic acid groups (broad SMARTS) is 1. The minimum Gasteiger partial charge on any atom is -0.481 e. The molecular weight excluding hydrogens is 262 g/mol. The van der Waals surface area contributed by atoms with Crippen LogP contribution in [0.2, 0.25) is 0 Å². The Morgan fingerprint density at radius 2 is 1.80 bits per heavy atom. The number of amides is 1. The van der Waals surface area contributed by atoms with Gasteiger partial charge in [0.15, 0.2) is 0 Å². The van der Waals surface area contributed by atoms with Crippen LogP contribution >= 0.6 is 0 Å². The summed E-state index contributed by atoms with van der Waals surface area (Å²) < 4.78 is 4.71. The largest absolute Gasteiger partial charge is 0.481 e. The topological polar surface area (TPSA) is 92.7 Å². The average Bonchev–Trinajstić information content (AvgIpc) is 2.30. The smallest absolute Gasteiger partial charge is 0.308 e. The molecule has 0 aromatic heterocycles. The zero-order valence-corrected chi connectivity index (χ0v) is 12.7. The van der Waals surface area contributed by atoms with Crippen LogP contribution in [-0.2, 0) is 19.1 Å². The zero-order chi connectivity index (χ0) is 15.8. The standard InChI is InChI=1S/C14H25NO5/c1-5-20-12(17)7-6-11(16)15-9-10(13(18)19)8-14(2,3)4/h10H,5-9H2,1-4H3,(H,15,16)(H,18,19). The summed E-state index contributed by atoms with van der Waals surface area (Å²) >= 11 is 0. The van der Waals surface area contributed by atoms with Gasteiger partial charge in [0.05, 0.1) is 18.9 Å². The SMILES string of the molecule is CCOC(=O)CCC(=O)NCC(CC(C)(C)C)C(=O)O. The molecule has 0 aliphatic heterocycles. The fourth-order valence-electron chi connectivity index (χ4n) is 1.76. The predicted molar refractivity (Wildman–Crippen MR) is 74.1 cm³/mol. The summed E-state index contributed by atoms with van der Waals surface area (Å²) in [4.78, 5) is 33.7. The maximum atomic E-state index is 11.5. The van der Waals surface area contributed by atoms with Gasteiger partial charge in [0.25, 0.3) is 0 Å². The van der Waals surface area contributed by atoms with Crippen LogP contribution in [-0.4, -0.2) is 36.1 Å². The summed E-state index contributed by atoms with van der Waals surface area (Å²) in [5.41, 5.74) is -0.126. The van der Waals surface area contributed by atoms with Crippen LogP contribution < -0.4 is 5.32 Å². The second-order valence-corrected chi connectivity index (χ2v) is 5.91. The van der Waals surface area contributed by atoms with E-state index in [4.69, 9.17) is 9.84 Å². The van der Waals surface area contributed by atoms with Gasteiger partial charge in [0.2, 0.25) is 5.91 Å². The van der Waals surface area contributed by atoms with Crippen LogP contribution in [0, 0.1) is 11.3 Å². The molecule has 20 heavy (non-hydrogen) atoms. The first-order valence-electron chi connectivity index (χ1n) is 6.81. The number of carbonyl (C=O) groups excluding carboxylic acids is 2. The lowest BCUT2D eigenvalue weighted by atomic mass is 9.84. The molecule has 1 unspecified atom stereocenters. The van der Waals surface area contributed by atoms with Gasteiger partial charge in [-0.3, -0.25) is 14.4 Å². The van der Waals surface area contributed by atoms with E-state index in [9.17, 15) is 14.4 Å². The molecule has 1 atom stereocenters. The molecule has 116 valence electrons. The first kappa shape index (κ1) is 18.4. The molecule has 0 rings (SSSR count). The van der Waals surface area contributed by atoms with Gasteiger partial charge in [-0.05, 0) is 18.8 Å². The molecule has 6 nitrogen and oxygen atoms in total. The highest BCUT2D eigenvalue weighted by Crippen LogP contribution is 2.24. The molecule has 2 N–H and O–H groups in total. The van der Waals surface area contributed by atoms with Crippen molar-refractivity contribution in [2.75, 3.05) is 13.2 Å². The van der Waals surface area contributed by atoms with E-state index in [0.29, 0.717) is 6.42 Å². The molecule has 0 aromatic rings. The highest BCUT2D eigenvalue weighted by molar-refractivity contribution is 5.81. The van der Waals surface area contributed by atoms with E-state index >= 15 is 0 Å². The van der Waals surface area contributed by atoms with Gasteiger partial charge in [-0.2, -0.15) is 0 Å². The van der Waals surface area contributed by atoms with Crippen molar-refractivity contribution in [3.63, 3.8) is 0 Å². The molecule has 0 fully saturated rings. The third-order valence-corrected chi connectivity index (χ3v) is 2.62. The summed E-state index contributed by atoms with van der Waals surface area (Å²) in [5, 5.41) is 11.7. The van der Waals surface area contributed by atoms with Gasteiger partial charge >= 0.3 is 11.9 Å². The fourth-order valence-corrected chi connectivity index (χ4v) is 1.76. The average molecular weight is 287 g/mol. The maximum Gasteiger partial charge on any atom is 0.308 e. The lowest BCUT2D eigenvalue weighted by molar-refractivity contribution is -0.145.